The highest BCUT2D eigenvalue weighted by Crippen LogP contribution is 2.35. The maximum atomic E-state index is 12.8. The van der Waals surface area contributed by atoms with Crippen LogP contribution in [-0.2, 0) is 4.79 Å². The molecule has 0 aliphatic carbocycles. The van der Waals surface area contributed by atoms with Gasteiger partial charge in [0, 0.05) is 5.56 Å². The summed E-state index contributed by atoms with van der Waals surface area (Å²) < 4.78 is 0. The number of amides is 1. The van der Waals surface area contributed by atoms with E-state index in [4.69, 9.17) is 0 Å². The van der Waals surface area contributed by atoms with Crippen LogP contribution in [0.15, 0.2) is 48.5 Å². The Morgan fingerprint density at radius 2 is 1.72 bits per heavy atom. The summed E-state index contributed by atoms with van der Waals surface area (Å²) in [5.74, 6) is 0.265. The van der Waals surface area contributed by atoms with Crippen molar-refractivity contribution < 1.29 is 9.59 Å². The molecule has 0 fully saturated rings. The largest absolute Gasteiger partial charge is 0.370 e. The van der Waals surface area contributed by atoms with Gasteiger partial charge in [-0.05, 0) is 37.5 Å². The first kappa shape index (κ1) is 17.2. The number of ketones is 1. The van der Waals surface area contributed by atoms with E-state index in [2.05, 4.69) is 19.2 Å². The number of para-hydroxylation sites is 2. The number of carbonyl (C=O) groups excluding carboxylic acids is 2. The van der Waals surface area contributed by atoms with Gasteiger partial charge in [0.1, 0.15) is 5.54 Å². The topological polar surface area (TPSA) is 49.4 Å². The molecule has 0 radical (unpaired) electrons. The van der Waals surface area contributed by atoms with Crippen LogP contribution in [0.4, 0.5) is 11.4 Å². The third-order valence-corrected chi connectivity index (χ3v) is 4.62. The van der Waals surface area contributed by atoms with Crippen molar-refractivity contribution in [2.75, 3.05) is 16.8 Å². The Morgan fingerprint density at radius 1 is 1.08 bits per heavy atom. The van der Waals surface area contributed by atoms with Gasteiger partial charge in [-0.15, -0.1) is 0 Å². The molecule has 25 heavy (non-hydrogen) atoms. The maximum absolute atomic E-state index is 12.8. The zero-order chi connectivity index (χ0) is 18.2. The van der Waals surface area contributed by atoms with Crippen molar-refractivity contribution in [1.82, 2.24) is 0 Å². The van der Waals surface area contributed by atoms with E-state index in [1.165, 1.54) is 5.56 Å². The van der Waals surface area contributed by atoms with E-state index >= 15 is 0 Å². The van der Waals surface area contributed by atoms with Crippen molar-refractivity contribution >= 4 is 23.1 Å². The average molecular weight is 336 g/mol. The zero-order valence-corrected chi connectivity index (χ0v) is 15.2. The summed E-state index contributed by atoms with van der Waals surface area (Å²) in [6, 6.07) is 15.2. The molecule has 0 bridgehead atoms. The van der Waals surface area contributed by atoms with Crippen LogP contribution in [0.5, 0.6) is 0 Å². The molecule has 0 atom stereocenters. The van der Waals surface area contributed by atoms with Crippen LogP contribution in [0.25, 0.3) is 0 Å². The van der Waals surface area contributed by atoms with Gasteiger partial charge in [0.05, 0.1) is 17.9 Å². The van der Waals surface area contributed by atoms with Gasteiger partial charge >= 0.3 is 0 Å². The normalized spacial score (nSPS) is 15.7. The second-order valence-electron chi connectivity index (χ2n) is 7.36. The highest BCUT2D eigenvalue weighted by Gasteiger charge is 2.39. The molecule has 0 aromatic heterocycles. The van der Waals surface area contributed by atoms with Gasteiger partial charge in [-0.3, -0.25) is 9.59 Å². The molecule has 1 amide bonds. The SMILES string of the molecule is CC(C)c1ccc(C(=O)CN2C(=O)C(C)(C)Nc3ccccc32)cc1. The highest BCUT2D eigenvalue weighted by atomic mass is 16.2. The number of carbonyl (C=O) groups is 2. The van der Waals surface area contributed by atoms with Crippen LogP contribution in [0, 0.1) is 0 Å². The Kier molecular flexibility index (Phi) is 4.38. The lowest BCUT2D eigenvalue weighted by Gasteiger charge is -2.39. The Hall–Kier alpha value is -2.62. The van der Waals surface area contributed by atoms with Crippen molar-refractivity contribution in [2.45, 2.75) is 39.2 Å². The first-order valence-corrected chi connectivity index (χ1v) is 8.62. The first-order chi connectivity index (χ1) is 11.8. The molecule has 0 spiro atoms. The minimum absolute atomic E-state index is 0.0436. The summed E-state index contributed by atoms with van der Waals surface area (Å²) in [6.45, 7) is 7.95. The van der Waals surface area contributed by atoms with Crippen LogP contribution in [0.1, 0.15) is 49.5 Å². The highest BCUT2D eigenvalue weighted by molar-refractivity contribution is 6.12. The molecule has 4 heteroatoms. The van der Waals surface area contributed by atoms with Gasteiger partial charge in [-0.25, -0.2) is 0 Å². The molecule has 0 saturated heterocycles. The smallest absolute Gasteiger partial charge is 0.252 e. The predicted molar refractivity (Wildman–Crippen MR) is 101 cm³/mol. The van der Waals surface area contributed by atoms with E-state index < -0.39 is 5.54 Å². The fourth-order valence-corrected chi connectivity index (χ4v) is 3.10. The average Bonchev–Trinajstić information content (AvgIpc) is 2.58. The van der Waals surface area contributed by atoms with Crippen LogP contribution in [-0.4, -0.2) is 23.8 Å². The Balaban J connectivity index is 1.88. The summed E-state index contributed by atoms with van der Waals surface area (Å²) in [7, 11) is 0. The molecular formula is C21H24N2O2. The van der Waals surface area contributed by atoms with E-state index in [-0.39, 0.29) is 18.2 Å². The van der Waals surface area contributed by atoms with E-state index in [1.807, 2.05) is 62.4 Å². The Labute approximate surface area is 148 Å². The summed E-state index contributed by atoms with van der Waals surface area (Å²) >= 11 is 0. The molecule has 1 heterocycles. The Morgan fingerprint density at radius 3 is 2.36 bits per heavy atom. The lowest BCUT2D eigenvalue weighted by molar-refractivity contribution is -0.122. The molecule has 1 N–H and O–H groups in total. The Bertz CT molecular complexity index is 807. The van der Waals surface area contributed by atoms with Gasteiger partial charge < -0.3 is 10.2 Å². The quantitative estimate of drug-likeness (QED) is 0.850. The molecule has 3 rings (SSSR count). The molecule has 1 aliphatic rings. The number of hydrogen-bond donors (Lipinski definition) is 1. The van der Waals surface area contributed by atoms with Crippen molar-refractivity contribution in [3.8, 4) is 0 Å². The van der Waals surface area contributed by atoms with Crippen molar-refractivity contribution in [1.29, 1.82) is 0 Å². The van der Waals surface area contributed by atoms with Crippen molar-refractivity contribution in [3.05, 3.63) is 59.7 Å². The van der Waals surface area contributed by atoms with E-state index in [1.54, 1.807) is 4.90 Å². The second kappa shape index (κ2) is 6.36. The van der Waals surface area contributed by atoms with Gasteiger partial charge in [0.15, 0.2) is 5.78 Å². The summed E-state index contributed by atoms with van der Waals surface area (Å²) in [6.07, 6.45) is 0. The number of nitrogens with zero attached hydrogens (tertiary/aromatic N) is 1. The number of benzene rings is 2. The second-order valence-corrected chi connectivity index (χ2v) is 7.36. The van der Waals surface area contributed by atoms with E-state index in [0.29, 0.717) is 11.5 Å². The number of nitrogens with one attached hydrogen (secondary N) is 1. The van der Waals surface area contributed by atoms with Crippen LogP contribution < -0.4 is 10.2 Å². The van der Waals surface area contributed by atoms with Gasteiger partial charge in [-0.2, -0.15) is 0 Å². The maximum Gasteiger partial charge on any atom is 0.252 e. The fraction of sp³-hybridized carbons (Fsp3) is 0.333. The van der Waals surface area contributed by atoms with Crippen LogP contribution >= 0.6 is 0 Å². The van der Waals surface area contributed by atoms with E-state index in [0.717, 1.165) is 11.4 Å². The van der Waals surface area contributed by atoms with Gasteiger partial charge in [0.25, 0.3) is 5.91 Å². The third-order valence-electron chi connectivity index (χ3n) is 4.62. The molecular weight excluding hydrogens is 312 g/mol. The minimum Gasteiger partial charge on any atom is -0.370 e. The van der Waals surface area contributed by atoms with E-state index in [9.17, 15) is 9.59 Å². The van der Waals surface area contributed by atoms with Crippen LogP contribution in [0.2, 0.25) is 0 Å². The number of anilines is 2. The first-order valence-electron chi connectivity index (χ1n) is 8.62. The number of hydrogen-bond acceptors (Lipinski definition) is 3. The molecule has 4 nitrogen and oxygen atoms in total. The molecule has 130 valence electrons. The lowest BCUT2D eigenvalue weighted by atomic mass is 9.96. The molecule has 1 aliphatic heterocycles. The summed E-state index contributed by atoms with van der Waals surface area (Å²) in [5, 5.41) is 3.25. The minimum atomic E-state index is -0.740. The predicted octanol–water partition coefficient (Wildman–Crippen LogP) is 4.23. The fourth-order valence-electron chi connectivity index (χ4n) is 3.10. The molecule has 0 unspecified atom stereocenters. The molecule has 2 aromatic carbocycles. The summed E-state index contributed by atoms with van der Waals surface area (Å²) in [4.78, 5) is 27.2. The molecule has 2 aromatic rings. The summed E-state index contributed by atoms with van der Waals surface area (Å²) in [5.41, 5.74) is 2.71. The third kappa shape index (κ3) is 3.29. The molecule has 0 saturated carbocycles. The van der Waals surface area contributed by atoms with Crippen molar-refractivity contribution in [2.24, 2.45) is 0 Å². The van der Waals surface area contributed by atoms with Crippen molar-refractivity contribution in [3.63, 3.8) is 0 Å². The van der Waals surface area contributed by atoms with Gasteiger partial charge in [-0.1, -0.05) is 50.2 Å². The lowest BCUT2D eigenvalue weighted by Crippen LogP contribution is -2.55. The zero-order valence-electron chi connectivity index (χ0n) is 15.2. The standard InChI is InChI=1S/C21H24N2O2/c1-14(2)15-9-11-16(12-10-15)19(24)13-23-18-8-6-5-7-17(18)22-21(3,4)20(23)25/h5-12,14,22H,13H2,1-4H3. The van der Waals surface area contributed by atoms with Crippen LogP contribution in [0.3, 0.4) is 0 Å². The monoisotopic (exact) mass is 336 g/mol. The number of Topliss-reactive ketones (excluding diaryl/α,β-unsaturated/α-hetero) is 1. The number of fused-ring (bicyclic) bond motifs is 1. The van der Waals surface area contributed by atoms with Gasteiger partial charge in [0.2, 0.25) is 0 Å². The number of rotatable bonds is 4.